The Morgan fingerprint density at radius 3 is 2.05 bits per heavy atom. The monoisotopic (exact) mass is 586 g/mol. The third kappa shape index (κ3) is 8.98. The second-order valence-corrected chi connectivity index (χ2v) is 10.5. The van der Waals surface area contributed by atoms with E-state index < -0.39 is 31.0 Å². The van der Waals surface area contributed by atoms with Crippen LogP contribution >= 0.6 is 0 Å². The Hall–Kier alpha value is -2.04. The third-order valence-electron chi connectivity index (χ3n) is 5.22. The molecule has 4 aromatic carbocycles. The van der Waals surface area contributed by atoms with Gasteiger partial charge in [0.2, 0.25) is 0 Å². The van der Waals surface area contributed by atoms with E-state index in [0.717, 1.165) is 6.07 Å². The van der Waals surface area contributed by atoms with Gasteiger partial charge in [-0.25, -0.2) is 16.8 Å². The van der Waals surface area contributed by atoms with Crippen LogP contribution in [-0.2, 0) is 20.2 Å². The summed E-state index contributed by atoms with van der Waals surface area (Å²) in [5, 5.41) is 15.0. The van der Waals surface area contributed by atoms with Crippen LogP contribution in [0.5, 0.6) is 5.75 Å². The standard InChI is InChI=1S/C24H22N4O7S2.2Na/c1-35-18-9-6-16(7-10-18)26-23-11-8-17(14-24(23)37(32,33)34)27-28-22-13-12-21(25-15-36(29,30)31)19-4-2-3-5-20(19)22;;/h2-14,25-26H,15H2,1H3,(H,29,30,31)(H,32,33,34);;/q;2*+1/p-2. The van der Waals surface area contributed by atoms with E-state index in [4.69, 9.17) is 4.74 Å². The first-order valence-corrected chi connectivity index (χ1v) is 13.6. The minimum Gasteiger partial charge on any atom is -0.747 e. The van der Waals surface area contributed by atoms with Gasteiger partial charge in [-0.1, -0.05) is 24.3 Å². The SMILES string of the molecule is COc1ccc(Nc2ccc(N=Nc3ccc(NCS(=O)(=O)[O-])c4ccccc34)cc2S(=O)(=O)[O-])cc1.[Na+].[Na+]. The molecule has 0 aliphatic carbocycles. The number of nitrogens with one attached hydrogen (secondary N) is 2. The Morgan fingerprint density at radius 1 is 0.795 bits per heavy atom. The maximum Gasteiger partial charge on any atom is 1.00 e. The summed E-state index contributed by atoms with van der Waals surface area (Å²) in [7, 11) is -7.81. The summed E-state index contributed by atoms with van der Waals surface area (Å²) in [5.41, 5.74) is 1.57. The molecule has 0 aliphatic rings. The van der Waals surface area contributed by atoms with Gasteiger partial charge < -0.3 is 24.5 Å². The molecule has 0 amide bonds. The van der Waals surface area contributed by atoms with E-state index in [1.54, 1.807) is 60.7 Å². The Labute approximate surface area is 270 Å². The molecule has 192 valence electrons. The fraction of sp³-hybridized carbons (Fsp3) is 0.0833. The van der Waals surface area contributed by atoms with Crippen LogP contribution < -0.4 is 74.5 Å². The second-order valence-electron chi connectivity index (χ2n) is 7.74. The first-order chi connectivity index (χ1) is 17.5. The van der Waals surface area contributed by atoms with E-state index in [1.165, 1.54) is 19.2 Å². The number of hydrogen-bond donors (Lipinski definition) is 2. The summed E-state index contributed by atoms with van der Waals surface area (Å²) in [6, 6.07) is 20.8. The molecule has 0 aromatic heterocycles. The smallest absolute Gasteiger partial charge is 0.747 e. The number of fused-ring (bicyclic) bond motifs is 1. The number of nitrogens with zero attached hydrogens (tertiary/aromatic N) is 2. The van der Waals surface area contributed by atoms with E-state index in [1.807, 2.05) is 0 Å². The van der Waals surface area contributed by atoms with Crippen molar-refractivity contribution in [2.24, 2.45) is 10.2 Å². The molecule has 0 aliphatic heterocycles. The molecule has 39 heavy (non-hydrogen) atoms. The van der Waals surface area contributed by atoms with E-state index >= 15 is 0 Å². The number of methoxy groups -OCH3 is 1. The summed E-state index contributed by atoms with van der Waals surface area (Å²) in [4.78, 5) is -0.497. The minimum absolute atomic E-state index is 0. The maximum atomic E-state index is 12.0. The van der Waals surface area contributed by atoms with Gasteiger partial charge in [-0.3, -0.25) is 0 Å². The van der Waals surface area contributed by atoms with Gasteiger partial charge in [-0.15, -0.1) is 5.11 Å². The van der Waals surface area contributed by atoms with Crippen LogP contribution in [-0.4, -0.2) is 38.9 Å². The number of ether oxygens (including phenoxy) is 1. The van der Waals surface area contributed by atoms with Crippen LogP contribution in [0.3, 0.4) is 0 Å². The molecule has 0 saturated heterocycles. The molecule has 0 saturated carbocycles. The van der Waals surface area contributed by atoms with Gasteiger partial charge in [0, 0.05) is 22.1 Å². The Balaban J connectivity index is 0.00000267. The molecule has 11 nitrogen and oxygen atoms in total. The van der Waals surface area contributed by atoms with Crippen molar-refractivity contribution in [2.75, 3.05) is 23.6 Å². The average Bonchev–Trinajstić information content (AvgIpc) is 2.86. The van der Waals surface area contributed by atoms with Crippen LogP contribution in [0.25, 0.3) is 10.8 Å². The molecule has 15 heteroatoms. The molecule has 0 unspecified atom stereocenters. The first kappa shape index (κ1) is 33.2. The molecule has 0 bridgehead atoms. The average molecular weight is 587 g/mol. The number of anilines is 3. The van der Waals surface area contributed by atoms with Crippen molar-refractivity contribution in [2.45, 2.75) is 4.90 Å². The first-order valence-electron chi connectivity index (χ1n) is 10.7. The Kier molecular flexibility index (Phi) is 11.9. The van der Waals surface area contributed by atoms with E-state index in [0.29, 0.717) is 33.6 Å². The summed E-state index contributed by atoms with van der Waals surface area (Å²) in [5.74, 6) is -0.161. The van der Waals surface area contributed by atoms with Crippen molar-refractivity contribution in [1.82, 2.24) is 0 Å². The Morgan fingerprint density at radius 2 is 1.44 bits per heavy atom. The molecule has 4 rings (SSSR count). The van der Waals surface area contributed by atoms with Crippen LogP contribution in [0.4, 0.5) is 28.4 Å². The second kappa shape index (κ2) is 14.0. The van der Waals surface area contributed by atoms with Gasteiger partial charge in [0.05, 0.1) is 29.1 Å². The van der Waals surface area contributed by atoms with Crippen molar-refractivity contribution in [1.29, 1.82) is 0 Å². The minimum atomic E-state index is -4.85. The molecule has 2 N–H and O–H groups in total. The van der Waals surface area contributed by atoms with Crippen LogP contribution in [0.15, 0.2) is 94.0 Å². The predicted octanol–water partition coefficient (Wildman–Crippen LogP) is -1.17. The van der Waals surface area contributed by atoms with Crippen LogP contribution in [0, 0.1) is 0 Å². The molecule has 0 spiro atoms. The quantitative estimate of drug-likeness (QED) is 0.139. The largest absolute Gasteiger partial charge is 1.00 e. The normalized spacial score (nSPS) is 11.5. The zero-order valence-electron chi connectivity index (χ0n) is 21.3. The predicted molar refractivity (Wildman–Crippen MR) is 137 cm³/mol. The fourth-order valence-electron chi connectivity index (χ4n) is 3.52. The molecule has 0 fully saturated rings. The molecule has 0 radical (unpaired) electrons. The number of benzene rings is 4. The maximum absolute atomic E-state index is 12.0. The van der Waals surface area contributed by atoms with E-state index in [2.05, 4.69) is 20.9 Å². The molecular weight excluding hydrogens is 566 g/mol. The van der Waals surface area contributed by atoms with Gasteiger partial charge in [0.25, 0.3) is 0 Å². The number of hydrogen-bond acceptors (Lipinski definition) is 11. The van der Waals surface area contributed by atoms with Crippen molar-refractivity contribution in [3.05, 3.63) is 78.9 Å². The van der Waals surface area contributed by atoms with Crippen LogP contribution in [0.1, 0.15) is 0 Å². The van der Waals surface area contributed by atoms with E-state index in [9.17, 15) is 25.9 Å². The van der Waals surface area contributed by atoms with Crippen LogP contribution in [0.2, 0.25) is 0 Å². The summed E-state index contributed by atoms with van der Waals surface area (Å²) >= 11 is 0. The molecule has 4 aromatic rings. The summed E-state index contributed by atoms with van der Waals surface area (Å²) < 4.78 is 73.9. The van der Waals surface area contributed by atoms with E-state index in [-0.39, 0.29) is 70.5 Å². The van der Waals surface area contributed by atoms with Gasteiger partial charge >= 0.3 is 59.1 Å². The fourth-order valence-corrected chi connectivity index (χ4v) is 4.50. The van der Waals surface area contributed by atoms with Crippen molar-refractivity contribution < 1.29 is 89.8 Å². The molecule has 0 atom stereocenters. The third-order valence-corrected chi connectivity index (χ3v) is 6.59. The van der Waals surface area contributed by atoms with Crippen molar-refractivity contribution in [3.63, 3.8) is 0 Å². The van der Waals surface area contributed by atoms with Crippen molar-refractivity contribution >= 4 is 59.4 Å². The number of rotatable bonds is 9. The van der Waals surface area contributed by atoms with Crippen molar-refractivity contribution in [3.8, 4) is 5.75 Å². The zero-order valence-corrected chi connectivity index (χ0v) is 26.9. The van der Waals surface area contributed by atoms with Gasteiger partial charge in [-0.05, 0) is 54.6 Å². The van der Waals surface area contributed by atoms with Gasteiger partial charge in [0.1, 0.15) is 31.9 Å². The van der Waals surface area contributed by atoms with Gasteiger partial charge in [-0.2, -0.15) is 5.11 Å². The topological polar surface area (TPSA) is 172 Å². The molecular formula is C24H20N4Na2O7S2. The summed E-state index contributed by atoms with van der Waals surface area (Å²) in [6.07, 6.45) is 0. The van der Waals surface area contributed by atoms with Gasteiger partial charge in [0.15, 0.2) is 0 Å². The molecule has 0 heterocycles. The number of azo groups is 1. The zero-order chi connectivity index (χ0) is 26.6. The Bertz CT molecular complexity index is 1700. The summed E-state index contributed by atoms with van der Waals surface area (Å²) in [6.45, 7) is 0.